The topological polar surface area (TPSA) is 51.0 Å². The van der Waals surface area contributed by atoms with E-state index in [-0.39, 0.29) is 5.03 Å². The first-order chi connectivity index (χ1) is 13.6. The number of aromatic nitrogens is 2. The van der Waals surface area contributed by atoms with Gasteiger partial charge in [0.1, 0.15) is 11.5 Å². The van der Waals surface area contributed by atoms with E-state index in [0.29, 0.717) is 22.9 Å². The first-order valence-corrected chi connectivity index (χ1v) is 9.05. The van der Waals surface area contributed by atoms with E-state index in [1.165, 1.54) is 13.0 Å². The number of imidazole rings is 1. The van der Waals surface area contributed by atoms with Gasteiger partial charge in [0.15, 0.2) is 11.6 Å². The minimum Gasteiger partial charge on any atom is -0.453 e. The van der Waals surface area contributed by atoms with Crippen molar-refractivity contribution in [1.82, 2.24) is 9.97 Å². The van der Waals surface area contributed by atoms with E-state index >= 15 is 0 Å². The number of alkyl halides is 3. The summed E-state index contributed by atoms with van der Waals surface area (Å²) in [6.07, 6.45) is -3.66. The van der Waals surface area contributed by atoms with Crippen LogP contribution in [0.25, 0.3) is 28.4 Å². The molecule has 0 saturated heterocycles. The molecule has 0 radical (unpaired) electrons. The highest BCUT2D eigenvalue weighted by Crippen LogP contribution is 2.31. The van der Waals surface area contributed by atoms with Crippen molar-refractivity contribution in [2.24, 2.45) is 0 Å². The molecule has 0 fully saturated rings. The number of nitrogens with one attached hydrogen (secondary N) is 1. The Morgan fingerprint density at radius 3 is 2.45 bits per heavy atom. The van der Waals surface area contributed by atoms with Gasteiger partial charge in [-0.1, -0.05) is 41.9 Å². The summed E-state index contributed by atoms with van der Waals surface area (Å²) in [5.41, 5.74) is 3.06. The van der Waals surface area contributed by atoms with Crippen LogP contribution in [0.2, 0.25) is 0 Å². The highest BCUT2D eigenvalue weighted by atomic mass is 35.5. The van der Waals surface area contributed by atoms with Gasteiger partial charge in [0, 0.05) is 11.3 Å². The monoisotopic (exact) mass is 422 g/mol. The van der Waals surface area contributed by atoms with Crippen LogP contribution < -0.4 is 0 Å². The summed E-state index contributed by atoms with van der Waals surface area (Å²) in [6, 6.07) is 13.0. The molecule has 0 amide bonds. The van der Waals surface area contributed by atoms with Crippen LogP contribution in [0.3, 0.4) is 0 Å². The Balaban J connectivity index is 1.88. The quantitative estimate of drug-likeness (QED) is 0.354. The maximum absolute atomic E-state index is 12.5. The number of ether oxygens (including phenoxy) is 1. The third-order valence-corrected chi connectivity index (χ3v) is 4.26. The molecule has 152 valence electrons. The van der Waals surface area contributed by atoms with Crippen molar-refractivity contribution >= 4 is 17.2 Å². The van der Waals surface area contributed by atoms with Gasteiger partial charge in [-0.05, 0) is 44.6 Å². The first kappa shape index (κ1) is 20.8. The van der Waals surface area contributed by atoms with Crippen LogP contribution in [-0.2, 0) is 4.74 Å². The van der Waals surface area contributed by atoms with Crippen molar-refractivity contribution in [2.75, 3.05) is 0 Å². The molecule has 0 bridgehead atoms. The van der Waals surface area contributed by atoms with E-state index < -0.39 is 12.1 Å². The zero-order valence-corrected chi connectivity index (χ0v) is 16.7. The van der Waals surface area contributed by atoms with Crippen molar-refractivity contribution in [3.05, 3.63) is 70.8 Å². The molecule has 0 saturated carbocycles. The van der Waals surface area contributed by atoms with E-state index in [0.717, 1.165) is 17.0 Å². The molecule has 8 heteroatoms. The molecule has 0 aliphatic carbocycles. The number of aryl methyl sites for hydroxylation is 1. The molecule has 0 aliphatic rings. The Kier molecular flexibility index (Phi) is 5.88. The molecule has 3 rings (SSSR count). The highest BCUT2D eigenvalue weighted by Gasteiger charge is 2.32. The molecule has 3 aromatic rings. The number of furan rings is 1. The predicted molar refractivity (Wildman–Crippen MR) is 106 cm³/mol. The van der Waals surface area contributed by atoms with Gasteiger partial charge in [0.2, 0.25) is 0 Å². The maximum atomic E-state index is 12.5. The summed E-state index contributed by atoms with van der Waals surface area (Å²) >= 11 is 5.73. The number of halogens is 4. The van der Waals surface area contributed by atoms with Crippen molar-refractivity contribution in [1.29, 1.82) is 0 Å². The van der Waals surface area contributed by atoms with Gasteiger partial charge >= 0.3 is 6.36 Å². The van der Waals surface area contributed by atoms with E-state index in [4.69, 9.17) is 16.0 Å². The molecule has 29 heavy (non-hydrogen) atoms. The number of hydrogen-bond acceptors (Lipinski definition) is 3. The lowest BCUT2D eigenvalue weighted by atomic mass is 10.1. The average Bonchev–Trinajstić information content (AvgIpc) is 3.27. The van der Waals surface area contributed by atoms with Gasteiger partial charge in [-0.15, -0.1) is 13.2 Å². The number of nitrogens with zero attached hydrogens (tertiary/aromatic N) is 1. The van der Waals surface area contributed by atoms with Crippen LogP contribution in [0.15, 0.2) is 63.7 Å². The summed E-state index contributed by atoms with van der Waals surface area (Å²) in [5.74, 6) is 0.866. The summed E-state index contributed by atoms with van der Waals surface area (Å²) < 4.78 is 47.4. The fourth-order valence-electron chi connectivity index (χ4n) is 2.72. The van der Waals surface area contributed by atoms with Crippen LogP contribution in [-0.4, -0.2) is 16.3 Å². The van der Waals surface area contributed by atoms with Crippen LogP contribution in [0.4, 0.5) is 13.2 Å². The minimum absolute atomic E-state index is 0.123. The first-order valence-electron chi connectivity index (χ1n) is 8.67. The smallest absolute Gasteiger partial charge is 0.453 e. The number of benzene rings is 1. The van der Waals surface area contributed by atoms with Crippen LogP contribution in [0.5, 0.6) is 0 Å². The Morgan fingerprint density at radius 1 is 1.14 bits per heavy atom. The Labute approximate surface area is 170 Å². The molecular formula is C21H18ClF3N2O2. The molecule has 4 nitrogen and oxygen atoms in total. The van der Waals surface area contributed by atoms with E-state index in [1.54, 1.807) is 19.1 Å². The van der Waals surface area contributed by atoms with Crippen LogP contribution >= 0.6 is 11.6 Å². The lowest BCUT2D eigenvalue weighted by molar-refractivity contribution is -0.303. The van der Waals surface area contributed by atoms with Crippen LogP contribution in [0.1, 0.15) is 25.3 Å². The third kappa shape index (κ3) is 5.12. The standard InChI is InChI=1S/C21H18ClF3N2O2/c1-12(11-18(13(2)22)29-21(23,24)25)16-9-10-17(28-16)20-26-14(3)19(27-20)15-7-5-4-6-8-15/h4-11H,1-3H3,(H,26,27)/b12-11+,18-13-. The third-order valence-electron chi connectivity index (χ3n) is 4.07. The second-order valence-corrected chi connectivity index (χ2v) is 6.93. The summed E-state index contributed by atoms with van der Waals surface area (Å²) in [7, 11) is 0. The highest BCUT2D eigenvalue weighted by molar-refractivity contribution is 6.29. The molecule has 1 N–H and O–H groups in total. The SMILES string of the molecule is C/C(Cl)=C(\C=C(/C)c1ccc(-c2nc(-c3ccccc3)c(C)[nH]2)o1)OC(F)(F)F. The Bertz CT molecular complexity index is 1060. The number of aromatic amines is 1. The number of H-pyrrole nitrogens is 1. The number of hydrogen-bond donors (Lipinski definition) is 1. The molecule has 0 spiro atoms. The van der Waals surface area contributed by atoms with E-state index in [2.05, 4.69) is 14.7 Å². The molecule has 2 aromatic heterocycles. The zero-order valence-electron chi connectivity index (χ0n) is 15.9. The Hall–Kier alpha value is -2.93. The van der Waals surface area contributed by atoms with Crippen molar-refractivity contribution in [3.8, 4) is 22.8 Å². The fraction of sp³-hybridized carbons (Fsp3) is 0.190. The largest absolute Gasteiger partial charge is 0.573 e. The van der Waals surface area contributed by atoms with Gasteiger partial charge in [0.05, 0.1) is 10.7 Å². The van der Waals surface area contributed by atoms with Crippen molar-refractivity contribution in [3.63, 3.8) is 0 Å². The lowest BCUT2D eigenvalue weighted by Gasteiger charge is -2.11. The summed E-state index contributed by atoms with van der Waals surface area (Å²) in [6.45, 7) is 4.82. The summed E-state index contributed by atoms with van der Waals surface area (Å²) in [4.78, 5) is 7.76. The van der Waals surface area contributed by atoms with E-state index in [9.17, 15) is 13.2 Å². The molecule has 2 heterocycles. The van der Waals surface area contributed by atoms with Gasteiger partial charge in [-0.2, -0.15) is 0 Å². The number of allylic oxidation sites excluding steroid dienone is 3. The summed E-state index contributed by atoms with van der Waals surface area (Å²) in [5, 5.41) is -0.123. The Morgan fingerprint density at radius 2 is 1.83 bits per heavy atom. The fourth-order valence-corrected chi connectivity index (χ4v) is 2.82. The van der Waals surface area contributed by atoms with Gasteiger partial charge in [-0.3, -0.25) is 0 Å². The number of rotatable bonds is 5. The lowest BCUT2D eigenvalue weighted by Crippen LogP contribution is -2.12. The van der Waals surface area contributed by atoms with E-state index in [1.807, 2.05) is 37.3 Å². The second-order valence-electron chi connectivity index (χ2n) is 6.36. The van der Waals surface area contributed by atoms with Crippen molar-refractivity contribution < 1.29 is 22.3 Å². The van der Waals surface area contributed by atoms with Crippen molar-refractivity contribution in [2.45, 2.75) is 27.1 Å². The predicted octanol–water partition coefficient (Wildman–Crippen LogP) is 7.06. The normalized spacial score (nSPS) is 13.4. The molecule has 1 aromatic carbocycles. The van der Waals surface area contributed by atoms with Gasteiger partial charge < -0.3 is 14.1 Å². The zero-order chi connectivity index (χ0) is 21.2. The maximum Gasteiger partial charge on any atom is 0.573 e. The molecule has 0 atom stereocenters. The molecular weight excluding hydrogens is 405 g/mol. The van der Waals surface area contributed by atoms with Gasteiger partial charge in [-0.25, -0.2) is 4.98 Å². The average molecular weight is 423 g/mol. The van der Waals surface area contributed by atoms with Gasteiger partial charge in [0.25, 0.3) is 0 Å². The minimum atomic E-state index is -4.84. The molecule has 0 unspecified atom stereocenters. The van der Waals surface area contributed by atoms with Crippen LogP contribution in [0, 0.1) is 6.92 Å². The second kappa shape index (κ2) is 8.21. The molecule has 0 aliphatic heterocycles.